The number of aliphatic hydroxyl groups is 1. The molecule has 0 bridgehead atoms. The molecule has 0 spiro atoms. The third kappa shape index (κ3) is 5.58. The van der Waals surface area contributed by atoms with Crippen LogP contribution in [0.1, 0.15) is 53.4 Å². The predicted octanol–water partition coefficient (Wildman–Crippen LogP) is 3.12. The molecule has 1 aliphatic heterocycles. The van der Waals surface area contributed by atoms with Gasteiger partial charge in [-0.05, 0) is 56.5 Å². The highest BCUT2D eigenvalue weighted by molar-refractivity contribution is 7.94. The first-order chi connectivity index (χ1) is 19.4. The lowest BCUT2D eigenvalue weighted by molar-refractivity contribution is 0.0697. The standard InChI is InChI=1S/C29H34ClN5O5S/c1-28(2,24(36)18-31-22-6-4-3-5-7-22)41(39,40)29(12-13-29)19-34-14-15-35-23(27(34)38)17-32-25(35)26(37)33-16-20-8-10-21(30)11-9-20/h3-11,17,24,31,36H,12-16,18-19H2,1-2H3,(H,33,37). The van der Waals surface area contributed by atoms with Gasteiger partial charge in [-0.15, -0.1) is 0 Å². The van der Waals surface area contributed by atoms with Gasteiger partial charge in [-0.1, -0.05) is 41.9 Å². The minimum absolute atomic E-state index is 0.0275. The summed E-state index contributed by atoms with van der Waals surface area (Å²) in [6.07, 6.45) is 1.03. The molecule has 41 heavy (non-hydrogen) atoms. The summed E-state index contributed by atoms with van der Waals surface area (Å²) in [6.45, 7) is 4.02. The Labute approximate surface area is 244 Å². The number of aliphatic hydroxyl groups excluding tert-OH is 1. The van der Waals surface area contributed by atoms with Gasteiger partial charge < -0.3 is 25.2 Å². The summed E-state index contributed by atoms with van der Waals surface area (Å²) in [5.41, 5.74) is 1.90. The second kappa shape index (κ2) is 11.1. The number of anilines is 1. The number of fused-ring (bicyclic) bond motifs is 1. The minimum Gasteiger partial charge on any atom is -0.390 e. The number of amides is 2. The van der Waals surface area contributed by atoms with Crippen molar-refractivity contribution in [2.75, 3.05) is 25.0 Å². The second-order valence-corrected chi connectivity index (χ2v) is 14.6. The smallest absolute Gasteiger partial charge is 0.287 e. The summed E-state index contributed by atoms with van der Waals surface area (Å²) in [6, 6.07) is 16.4. The van der Waals surface area contributed by atoms with Gasteiger partial charge in [0.15, 0.2) is 15.7 Å². The first kappa shape index (κ1) is 29.1. The number of sulfone groups is 1. The van der Waals surface area contributed by atoms with Crippen LogP contribution in [0, 0.1) is 0 Å². The van der Waals surface area contributed by atoms with E-state index in [1.165, 1.54) is 11.1 Å². The normalized spacial score (nSPS) is 17.1. The van der Waals surface area contributed by atoms with E-state index in [-0.39, 0.29) is 43.6 Å². The molecule has 10 nitrogen and oxygen atoms in total. The Morgan fingerprint density at radius 2 is 1.80 bits per heavy atom. The van der Waals surface area contributed by atoms with Crippen molar-refractivity contribution in [1.29, 1.82) is 0 Å². The Balaban J connectivity index is 1.24. The zero-order valence-corrected chi connectivity index (χ0v) is 24.6. The van der Waals surface area contributed by atoms with Gasteiger partial charge in [0.1, 0.15) is 5.69 Å². The summed E-state index contributed by atoms with van der Waals surface area (Å²) in [4.78, 5) is 32.0. The quantitative estimate of drug-likeness (QED) is 0.308. The summed E-state index contributed by atoms with van der Waals surface area (Å²) in [5, 5.41) is 17.5. The van der Waals surface area contributed by atoms with E-state index in [9.17, 15) is 23.1 Å². The van der Waals surface area contributed by atoms with Crippen molar-refractivity contribution in [3.05, 3.63) is 82.9 Å². The average molecular weight is 600 g/mol. The molecule has 5 rings (SSSR count). The molecule has 1 fully saturated rings. The number of hydrogen-bond donors (Lipinski definition) is 3. The van der Waals surface area contributed by atoms with Crippen LogP contribution in [0.15, 0.2) is 60.8 Å². The predicted molar refractivity (Wildman–Crippen MR) is 157 cm³/mol. The molecule has 2 amide bonds. The van der Waals surface area contributed by atoms with E-state index in [0.717, 1.165) is 11.3 Å². The van der Waals surface area contributed by atoms with E-state index in [4.69, 9.17) is 11.6 Å². The molecule has 0 radical (unpaired) electrons. The molecule has 1 saturated carbocycles. The lowest BCUT2D eigenvalue weighted by Gasteiger charge is -2.37. The van der Waals surface area contributed by atoms with Gasteiger partial charge in [0, 0.05) is 43.4 Å². The molecule has 1 aromatic heterocycles. The molecule has 1 atom stereocenters. The summed E-state index contributed by atoms with van der Waals surface area (Å²) in [5.74, 6) is -0.648. The maximum absolute atomic E-state index is 13.9. The number of aromatic nitrogens is 2. The number of nitrogens with one attached hydrogen (secondary N) is 2. The number of nitrogens with zero attached hydrogens (tertiary/aromatic N) is 3. The Morgan fingerprint density at radius 1 is 1.12 bits per heavy atom. The zero-order chi connectivity index (χ0) is 29.4. The molecule has 1 aliphatic carbocycles. The second-order valence-electron chi connectivity index (χ2n) is 11.2. The van der Waals surface area contributed by atoms with Gasteiger partial charge in [-0.3, -0.25) is 9.59 Å². The number of carbonyl (C=O) groups excluding carboxylic acids is 2. The van der Waals surface area contributed by atoms with Crippen molar-refractivity contribution in [2.45, 2.75) is 55.4 Å². The van der Waals surface area contributed by atoms with Crippen molar-refractivity contribution in [3.63, 3.8) is 0 Å². The van der Waals surface area contributed by atoms with Crippen molar-refractivity contribution in [3.8, 4) is 0 Å². The van der Waals surface area contributed by atoms with Gasteiger partial charge in [-0.2, -0.15) is 0 Å². The molecular formula is C29H34ClN5O5S. The van der Waals surface area contributed by atoms with Gasteiger partial charge in [0.05, 0.1) is 21.8 Å². The van der Waals surface area contributed by atoms with E-state index >= 15 is 0 Å². The van der Waals surface area contributed by atoms with Crippen molar-refractivity contribution < 1.29 is 23.1 Å². The molecule has 2 aliphatic rings. The monoisotopic (exact) mass is 599 g/mol. The summed E-state index contributed by atoms with van der Waals surface area (Å²) < 4.78 is 26.8. The lowest BCUT2D eigenvalue weighted by Crippen LogP contribution is -2.55. The highest BCUT2D eigenvalue weighted by Crippen LogP contribution is 2.50. The Hall–Kier alpha value is -3.41. The maximum atomic E-state index is 13.9. The fourth-order valence-electron chi connectivity index (χ4n) is 5.21. The molecule has 3 N–H and O–H groups in total. The Kier molecular flexibility index (Phi) is 7.88. The van der Waals surface area contributed by atoms with Crippen molar-refractivity contribution >= 4 is 38.9 Å². The van der Waals surface area contributed by atoms with Crippen LogP contribution in [0.5, 0.6) is 0 Å². The Morgan fingerprint density at radius 3 is 2.46 bits per heavy atom. The van der Waals surface area contributed by atoms with E-state index in [0.29, 0.717) is 24.4 Å². The van der Waals surface area contributed by atoms with Crippen LogP contribution in [-0.4, -0.2) is 75.0 Å². The molecule has 1 unspecified atom stereocenters. The zero-order valence-electron chi connectivity index (χ0n) is 23.0. The number of halogens is 1. The minimum atomic E-state index is -3.85. The largest absolute Gasteiger partial charge is 0.390 e. The molecule has 12 heteroatoms. The molecule has 0 saturated heterocycles. The van der Waals surface area contributed by atoms with E-state index < -0.39 is 31.3 Å². The number of benzene rings is 2. The van der Waals surface area contributed by atoms with E-state index in [1.54, 1.807) is 30.5 Å². The third-order valence-corrected chi connectivity index (χ3v) is 11.7. The number of rotatable bonds is 11. The fourth-order valence-corrected chi connectivity index (χ4v) is 7.85. The van der Waals surface area contributed by atoms with Crippen LogP contribution in [0.4, 0.5) is 5.69 Å². The highest BCUT2D eigenvalue weighted by atomic mass is 35.5. The Bertz CT molecular complexity index is 1540. The van der Waals surface area contributed by atoms with Crippen molar-refractivity contribution in [2.24, 2.45) is 0 Å². The first-order valence-corrected chi connectivity index (χ1v) is 15.4. The average Bonchev–Trinajstić information content (AvgIpc) is 3.63. The highest BCUT2D eigenvalue weighted by Gasteiger charge is 2.62. The lowest BCUT2D eigenvalue weighted by atomic mass is 10.1. The number of imidazole rings is 1. The van der Waals surface area contributed by atoms with E-state index in [2.05, 4.69) is 15.6 Å². The van der Waals surface area contributed by atoms with Gasteiger partial charge in [0.25, 0.3) is 11.8 Å². The number of hydrogen-bond acceptors (Lipinski definition) is 7. The van der Waals surface area contributed by atoms with Crippen LogP contribution in [-0.2, 0) is 22.9 Å². The van der Waals surface area contributed by atoms with Crippen LogP contribution in [0.25, 0.3) is 0 Å². The molecular weight excluding hydrogens is 566 g/mol. The molecule has 218 valence electrons. The summed E-state index contributed by atoms with van der Waals surface area (Å²) >= 11 is 5.92. The van der Waals surface area contributed by atoms with Gasteiger partial charge >= 0.3 is 0 Å². The summed E-state index contributed by atoms with van der Waals surface area (Å²) in [7, 11) is -3.85. The van der Waals surface area contributed by atoms with Gasteiger partial charge in [0.2, 0.25) is 0 Å². The molecule has 3 aromatic rings. The SMILES string of the molecule is CC(C)(C(O)CNc1ccccc1)S(=O)(=O)C1(CN2CCn3c(cnc3C(=O)NCc3ccc(Cl)cc3)C2=O)CC1. The van der Waals surface area contributed by atoms with Crippen LogP contribution >= 0.6 is 11.6 Å². The van der Waals surface area contributed by atoms with E-state index in [1.807, 2.05) is 42.5 Å². The molecule has 2 aromatic carbocycles. The number of para-hydroxylation sites is 1. The maximum Gasteiger partial charge on any atom is 0.287 e. The van der Waals surface area contributed by atoms with Crippen LogP contribution < -0.4 is 10.6 Å². The fraction of sp³-hybridized carbons (Fsp3) is 0.414. The van der Waals surface area contributed by atoms with Crippen LogP contribution in [0.2, 0.25) is 5.02 Å². The van der Waals surface area contributed by atoms with Gasteiger partial charge in [-0.25, -0.2) is 13.4 Å². The topological polar surface area (TPSA) is 134 Å². The van der Waals surface area contributed by atoms with Crippen LogP contribution in [0.3, 0.4) is 0 Å². The first-order valence-electron chi connectivity index (χ1n) is 13.5. The third-order valence-electron chi connectivity index (χ3n) is 8.15. The molecule has 2 heterocycles. The number of carbonyl (C=O) groups is 2. The van der Waals surface area contributed by atoms with Crippen molar-refractivity contribution in [1.82, 2.24) is 19.8 Å².